The summed E-state index contributed by atoms with van der Waals surface area (Å²) in [4.78, 5) is 0. The number of fused-ring (bicyclic) bond motifs is 3. The molecular weight excluding hydrogens is 608 g/mol. The predicted octanol–water partition coefficient (Wildman–Crippen LogP) is 9.35. The van der Waals surface area contributed by atoms with Gasteiger partial charge in [-0.2, -0.15) is 0 Å². The van der Waals surface area contributed by atoms with Gasteiger partial charge in [0.05, 0.1) is 0 Å². The van der Waals surface area contributed by atoms with Crippen LogP contribution in [-0.2, 0) is 35.5 Å². The summed E-state index contributed by atoms with van der Waals surface area (Å²) in [6.45, 7) is 23.3. The molecule has 0 amide bonds. The van der Waals surface area contributed by atoms with Gasteiger partial charge in [0.25, 0.3) is 0 Å². The summed E-state index contributed by atoms with van der Waals surface area (Å²) in [6, 6.07) is 31.2. The number of rotatable bonds is 4. The first kappa shape index (κ1) is 31.1. The first-order valence-electron chi connectivity index (χ1n) is 16.4. The molecule has 0 aliphatic heterocycles. The van der Waals surface area contributed by atoms with Gasteiger partial charge in [-0.25, -0.2) is 0 Å². The summed E-state index contributed by atoms with van der Waals surface area (Å²) >= 11 is -4.92. The van der Waals surface area contributed by atoms with Crippen molar-refractivity contribution in [1.29, 1.82) is 0 Å². The van der Waals surface area contributed by atoms with E-state index in [9.17, 15) is 0 Å². The molecule has 226 valence electrons. The average Bonchev–Trinajstić information content (AvgIpc) is 3.50. The van der Waals surface area contributed by atoms with Crippen molar-refractivity contribution in [2.75, 3.05) is 0 Å². The molecular formula is C43H50Zr. The number of hydrogen-bond donors (Lipinski definition) is 0. The van der Waals surface area contributed by atoms with Gasteiger partial charge in [-0.15, -0.1) is 0 Å². The molecule has 0 saturated heterocycles. The van der Waals surface area contributed by atoms with Gasteiger partial charge in [0.15, 0.2) is 0 Å². The van der Waals surface area contributed by atoms with E-state index >= 15 is 0 Å². The monoisotopic (exact) mass is 656 g/mol. The molecule has 0 radical (unpaired) electrons. The van der Waals surface area contributed by atoms with Gasteiger partial charge in [0.1, 0.15) is 0 Å². The minimum absolute atomic E-state index is 0.0528. The molecule has 0 aromatic heterocycles. The zero-order chi connectivity index (χ0) is 31.8. The summed E-state index contributed by atoms with van der Waals surface area (Å²) in [5, 5.41) is 0. The van der Waals surface area contributed by atoms with Gasteiger partial charge < -0.3 is 0 Å². The van der Waals surface area contributed by atoms with Crippen LogP contribution in [0.25, 0.3) is 11.1 Å². The van der Waals surface area contributed by atoms with E-state index in [2.05, 4.69) is 160 Å². The zero-order valence-electron chi connectivity index (χ0n) is 28.7. The normalized spacial score (nSPS) is 16.8. The summed E-state index contributed by atoms with van der Waals surface area (Å²) < 4.78 is 11.8. The van der Waals surface area contributed by atoms with E-state index in [1.54, 1.807) is 6.55 Å². The molecule has 6 rings (SSSR count). The second kappa shape index (κ2) is 10.3. The van der Waals surface area contributed by atoms with E-state index in [1.807, 2.05) is 0 Å². The van der Waals surface area contributed by atoms with E-state index in [0.717, 1.165) is 6.42 Å². The topological polar surface area (TPSA) is 0 Å². The van der Waals surface area contributed by atoms with E-state index in [4.69, 9.17) is 4.21 Å². The third-order valence-corrected chi connectivity index (χ3v) is 27.3. The van der Waals surface area contributed by atoms with E-state index in [-0.39, 0.29) is 10.8 Å². The maximum atomic E-state index is 5.82. The quantitative estimate of drug-likeness (QED) is 0.181. The van der Waals surface area contributed by atoms with Crippen LogP contribution in [0.2, 0.25) is 0 Å². The van der Waals surface area contributed by atoms with Crippen LogP contribution in [-0.4, -0.2) is 4.21 Å². The molecule has 4 aromatic carbocycles. The minimum atomic E-state index is -4.92. The molecule has 1 unspecified atom stereocenters. The number of hydrogen-bond acceptors (Lipinski definition) is 0. The summed E-state index contributed by atoms with van der Waals surface area (Å²) in [7, 11) is 0. The average molecular weight is 658 g/mol. The molecule has 0 fully saturated rings. The third-order valence-electron chi connectivity index (χ3n) is 10.7. The van der Waals surface area contributed by atoms with Gasteiger partial charge >= 0.3 is 269 Å². The summed E-state index contributed by atoms with van der Waals surface area (Å²) in [6.07, 6.45) is 5.97. The van der Waals surface area contributed by atoms with Crippen LogP contribution in [0.15, 0.2) is 99.9 Å². The van der Waals surface area contributed by atoms with Crippen molar-refractivity contribution in [2.24, 2.45) is 5.92 Å². The fourth-order valence-corrected chi connectivity index (χ4v) is 26.2. The molecule has 0 nitrogen and oxygen atoms in total. The number of benzene rings is 4. The van der Waals surface area contributed by atoms with Crippen LogP contribution in [0.4, 0.5) is 0 Å². The standard InChI is InChI=1S/C21H25.C7H9.2C7H7.CH2.Zr/c1-20(2,3)16-7-9-18-14(12-16)11-15-13-17(21(4,5)6)8-10-19(15)18;1-6-3-4-7(2)5-6;2*1-7-5-3-2-4-6-7;;/h7-10,12H,11H2,1-6H3;3,5,7H,1-2H3;2*3-6H,1H3;1H2;. The SMILES string of the molecule is [CH2]=[Zr]([C]1=CC(C)=CC1C)([c]1ccc(C)cc1)([c]1ccc(C)cc1)[c]1c(C(C)(C)C)ccc2c1Cc1cc(C(C)(C)C)ccc1-2. The molecule has 4 aromatic rings. The van der Waals surface area contributed by atoms with Crippen LogP contribution >= 0.6 is 0 Å². The molecule has 0 saturated carbocycles. The van der Waals surface area contributed by atoms with Crippen molar-refractivity contribution in [3.63, 3.8) is 0 Å². The predicted molar refractivity (Wildman–Crippen MR) is 191 cm³/mol. The van der Waals surface area contributed by atoms with Gasteiger partial charge in [0, 0.05) is 0 Å². The Hall–Kier alpha value is -2.89. The molecule has 44 heavy (non-hydrogen) atoms. The fraction of sp³-hybridized carbons (Fsp3) is 0.326. The molecule has 0 bridgehead atoms. The van der Waals surface area contributed by atoms with Crippen LogP contribution in [0, 0.1) is 19.8 Å². The second-order valence-corrected chi connectivity index (χ2v) is 28.7. The number of allylic oxidation sites excluding steroid dienone is 4. The van der Waals surface area contributed by atoms with Crippen molar-refractivity contribution in [2.45, 2.75) is 86.5 Å². The summed E-state index contributed by atoms with van der Waals surface area (Å²) in [5.41, 5.74) is 12.6. The van der Waals surface area contributed by atoms with E-state index < -0.39 is 18.3 Å². The van der Waals surface area contributed by atoms with Gasteiger partial charge in [-0.05, 0) is 0 Å². The van der Waals surface area contributed by atoms with Crippen molar-refractivity contribution >= 4 is 14.0 Å². The number of aryl methyl sites for hydroxylation is 2. The Labute approximate surface area is 267 Å². The van der Waals surface area contributed by atoms with Crippen molar-refractivity contribution in [1.82, 2.24) is 0 Å². The molecule has 0 N–H and O–H groups in total. The van der Waals surface area contributed by atoms with Gasteiger partial charge in [-0.3, -0.25) is 0 Å². The Kier molecular flexibility index (Phi) is 7.30. The molecule has 0 spiro atoms. The third kappa shape index (κ3) is 4.60. The first-order chi connectivity index (χ1) is 20.5. The summed E-state index contributed by atoms with van der Waals surface area (Å²) in [5.74, 6) is 0.320. The fourth-order valence-electron chi connectivity index (χ4n) is 8.35. The van der Waals surface area contributed by atoms with Crippen LogP contribution in [0.5, 0.6) is 0 Å². The second-order valence-electron chi connectivity index (χ2n) is 16.1. The Balaban J connectivity index is 1.84. The Morgan fingerprint density at radius 3 is 1.70 bits per heavy atom. The Bertz CT molecular complexity index is 1860. The zero-order valence-corrected chi connectivity index (χ0v) is 31.1. The maximum absolute atomic E-state index is 5.82. The first-order valence-corrected chi connectivity index (χ1v) is 23.1. The van der Waals surface area contributed by atoms with Crippen molar-refractivity contribution in [3.8, 4) is 11.1 Å². The van der Waals surface area contributed by atoms with Crippen LogP contribution in [0.3, 0.4) is 0 Å². The molecule has 2 aliphatic rings. The Morgan fingerprint density at radius 2 is 1.23 bits per heavy atom. The molecule has 0 heterocycles. The van der Waals surface area contributed by atoms with Crippen molar-refractivity contribution in [3.05, 3.63) is 133 Å². The van der Waals surface area contributed by atoms with Gasteiger partial charge in [0.2, 0.25) is 0 Å². The van der Waals surface area contributed by atoms with Gasteiger partial charge in [-0.1, -0.05) is 0 Å². The van der Waals surface area contributed by atoms with E-state index in [1.165, 1.54) is 56.6 Å². The van der Waals surface area contributed by atoms with E-state index in [0.29, 0.717) is 5.92 Å². The van der Waals surface area contributed by atoms with Crippen molar-refractivity contribution < 1.29 is 18.3 Å². The Morgan fingerprint density at radius 1 is 0.682 bits per heavy atom. The molecule has 1 atom stereocenters. The molecule has 1 heteroatoms. The molecule has 2 aliphatic carbocycles. The van der Waals surface area contributed by atoms with Crippen LogP contribution in [0.1, 0.15) is 88.8 Å². The van der Waals surface area contributed by atoms with Crippen LogP contribution < -0.4 is 9.81 Å².